The SMILES string of the molecule is Cc1nc(-c2ccccn2)sc1C(=O)O[C@H](C)C(N)=O. The first kappa shape index (κ1) is 14.1. The Labute approximate surface area is 119 Å². The van der Waals surface area contributed by atoms with Crippen LogP contribution in [0.1, 0.15) is 22.3 Å². The molecule has 2 heterocycles. The van der Waals surface area contributed by atoms with E-state index in [1.165, 1.54) is 18.3 Å². The van der Waals surface area contributed by atoms with Crippen molar-refractivity contribution in [3.8, 4) is 10.7 Å². The maximum atomic E-state index is 11.9. The predicted octanol–water partition coefficient (Wildman–Crippen LogP) is 1.54. The summed E-state index contributed by atoms with van der Waals surface area (Å²) in [5.41, 5.74) is 6.28. The Morgan fingerprint density at radius 2 is 2.15 bits per heavy atom. The molecule has 2 aromatic rings. The van der Waals surface area contributed by atoms with Gasteiger partial charge in [-0.15, -0.1) is 11.3 Å². The fourth-order valence-corrected chi connectivity index (χ4v) is 2.38. The van der Waals surface area contributed by atoms with Crippen molar-refractivity contribution in [2.75, 3.05) is 0 Å². The van der Waals surface area contributed by atoms with Crippen LogP contribution in [-0.2, 0) is 9.53 Å². The number of carbonyl (C=O) groups is 2. The first-order valence-electron chi connectivity index (χ1n) is 5.88. The van der Waals surface area contributed by atoms with Crippen molar-refractivity contribution in [2.45, 2.75) is 20.0 Å². The van der Waals surface area contributed by atoms with E-state index in [0.29, 0.717) is 21.3 Å². The van der Waals surface area contributed by atoms with Gasteiger partial charge in [0.1, 0.15) is 9.88 Å². The number of aryl methyl sites for hydroxylation is 1. The number of hydrogen-bond donors (Lipinski definition) is 1. The number of rotatable bonds is 4. The number of esters is 1. The monoisotopic (exact) mass is 291 g/mol. The third-order valence-corrected chi connectivity index (χ3v) is 3.71. The van der Waals surface area contributed by atoms with Crippen LogP contribution < -0.4 is 5.73 Å². The molecule has 0 fully saturated rings. The quantitative estimate of drug-likeness (QED) is 0.862. The van der Waals surface area contributed by atoms with Gasteiger partial charge in [-0.3, -0.25) is 9.78 Å². The molecule has 6 nitrogen and oxygen atoms in total. The van der Waals surface area contributed by atoms with Crippen molar-refractivity contribution >= 4 is 23.2 Å². The highest BCUT2D eigenvalue weighted by Gasteiger charge is 2.21. The van der Waals surface area contributed by atoms with Crippen LogP contribution in [0.25, 0.3) is 10.7 Å². The van der Waals surface area contributed by atoms with Gasteiger partial charge >= 0.3 is 5.97 Å². The summed E-state index contributed by atoms with van der Waals surface area (Å²) in [6.45, 7) is 3.13. The van der Waals surface area contributed by atoms with Gasteiger partial charge in [0.15, 0.2) is 6.10 Å². The summed E-state index contributed by atoms with van der Waals surface area (Å²) in [7, 11) is 0. The summed E-state index contributed by atoms with van der Waals surface area (Å²) < 4.78 is 4.96. The lowest BCUT2D eigenvalue weighted by Crippen LogP contribution is -2.30. The Hall–Kier alpha value is -2.28. The van der Waals surface area contributed by atoms with Crippen LogP contribution in [0.3, 0.4) is 0 Å². The molecule has 2 aromatic heterocycles. The zero-order chi connectivity index (χ0) is 14.7. The van der Waals surface area contributed by atoms with Gasteiger partial charge in [-0.1, -0.05) is 6.07 Å². The number of hydrogen-bond acceptors (Lipinski definition) is 6. The second-order valence-electron chi connectivity index (χ2n) is 4.10. The number of primary amides is 1. The third-order valence-electron chi connectivity index (χ3n) is 2.55. The van der Waals surface area contributed by atoms with Gasteiger partial charge in [0.05, 0.1) is 11.4 Å². The maximum Gasteiger partial charge on any atom is 0.351 e. The van der Waals surface area contributed by atoms with E-state index in [-0.39, 0.29) is 0 Å². The van der Waals surface area contributed by atoms with Crippen molar-refractivity contribution in [1.82, 2.24) is 9.97 Å². The largest absolute Gasteiger partial charge is 0.448 e. The predicted molar refractivity (Wildman–Crippen MR) is 74.2 cm³/mol. The Morgan fingerprint density at radius 3 is 2.75 bits per heavy atom. The minimum Gasteiger partial charge on any atom is -0.448 e. The number of ether oxygens (including phenoxy) is 1. The van der Waals surface area contributed by atoms with Crippen LogP contribution >= 0.6 is 11.3 Å². The molecule has 0 saturated heterocycles. The molecular formula is C13H13N3O3S. The van der Waals surface area contributed by atoms with Crippen LogP contribution in [-0.4, -0.2) is 27.9 Å². The molecule has 0 unspecified atom stereocenters. The molecule has 0 radical (unpaired) electrons. The molecule has 1 atom stereocenters. The van der Waals surface area contributed by atoms with Crippen LogP contribution in [0.4, 0.5) is 0 Å². The van der Waals surface area contributed by atoms with Crippen molar-refractivity contribution in [3.05, 3.63) is 35.0 Å². The number of carbonyl (C=O) groups excluding carboxylic acids is 2. The maximum absolute atomic E-state index is 11.9. The Balaban J connectivity index is 2.24. The molecule has 7 heteroatoms. The number of thiazole rings is 1. The first-order valence-corrected chi connectivity index (χ1v) is 6.70. The minimum atomic E-state index is -0.970. The zero-order valence-electron chi connectivity index (χ0n) is 11.0. The van der Waals surface area contributed by atoms with Gasteiger partial charge < -0.3 is 10.5 Å². The van der Waals surface area contributed by atoms with Crippen LogP contribution in [0, 0.1) is 6.92 Å². The van der Waals surface area contributed by atoms with Crippen molar-refractivity contribution < 1.29 is 14.3 Å². The van der Waals surface area contributed by atoms with Gasteiger partial charge in [0, 0.05) is 6.20 Å². The van der Waals surface area contributed by atoms with E-state index in [0.717, 1.165) is 0 Å². The molecule has 0 bridgehead atoms. The average Bonchev–Trinajstić information content (AvgIpc) is 2.81. The Kier molecular flexibility index (Phi) is 4.09. The van der Waals surface area contributed by atoms with E-state index >= 15 is 0 Å². The summed E-state index contributed by atoms with van der Waals surface area (Å²) in [5.74, 6) is -1.29. The minimum absolute atomic E-state index is 0.346. The molecule has 0 aliphatic heterocycles. The van der Waals surface area contributed by atoms with E-state index in [1.807, 2.05) is 6.07 Å². The second kappa shape index (κ2) is 5.79. The third kappa shape index (κ3) is 3.00. The fraction of sp³-hybridized carbons (Fsp3) is 0.231. The van der Waals surface area contributed by atoms with Crippen molar-refractivity contribution in [3.63, 3.8) is 0 Å². The number of amides is 1. The average molecular weight is 291 g/mol. The molecule has 1 amide bonds. The molecule has 2 rings (SSSR count). The smallest absolute Gasteiger partial charge is 0.351 e. The number of nitrogens with zero attached hydrogens (tertiary/aromatic N) is 2. The first-order chi connectivity index (χ1) is 9.49. The van der Waals surface area contributed by atoms with E-state index < -0.39 is 18.0 Å². The highest BCUT2D eigenvalue weighted by molar-refractivity contribution is 7.17. The van der Waals surface area contributed by atoms with Gasteiger partial charge in [0.2, 0.25) is 0 Å². The Bertz CT molecular complexity index is 640. The van der Waals surface area contributed by atoms with Crippen LogP contribution in [0.15, 0.2) is 24.4 Å². The van der Waals surface area contributed by atoms with E-state index in [9.17, 15) is 9.59 Å². The molecule has 0 saturated carbocycles. The van der Waals surface area contributed by atoms with Crippen molar-refractivity contribution in [1.29, 1.82) is 0 Å². The summed E-state index contributed by atoms with van der Waals surface area (Å²) in [4.78, 5) is 31.7. The van der Waals surface area contributed by atoms with Gasteiger partial charge in [-0.25, -0.2) is 9.78 Å². The van der Waals surface area contributed by atoms with Crippen LogP contribution in [0.5, 0.6) is 0 Å². The van der Waals surface area contributed by atoms with Gasteiger partial charge in [0.25, 0.3) is 5.91 Å². The highest BCUT2D eigenvalue weighted by Crippen LogP contribution is 2.27. The molecule has 0 spiro atoms. The highest BCUT2D eigenvalue weighted by atomic mass is 32.1. The Morgan fingerprint density at radius 1 is 1.40 bits per heavy atom. The van der Waals surface area contributed by atoms with Gasteiger partial charge in [-0.05, 0) is 26.0 Å². The molecule has 0 aliphatic rings. The van der Waals surface area contributed by atoms with E-state index in [2.05, 4.69) is 9.97 Å². The lowest BCUT2D eigenvalue weighted by molar-refractivity contribution is -0.125. The lowest BCUT2D eigenvalue weighted by atomic mass is 10.3. The molecule has 0 aliphatic carbocycles. The van der Waals surface area contributed by atoms with E-state index in [4.69, 9.17) is 10.5 Å². The van der Waals surface area contributed by atoms with Crippen molar-refractivity contribution in [2.24, 2.45) is 5.73 Å². The standard InChI is InChI=1S/C13H13N3O3S/c1-7-10(13(18)19-8(2)11(14)17)20-12(16-7)9-5-3-4-6-15-9/h3-6,8H,1-2H3,(H2,14,17)/t8-/m1/s1. The normalized spacial score (nSPS) is 11.9. The lowest BCUT2D eigenvalue weighted by Gasteiger charge is -2.08. The number of nitrogens with two attached hydrogens (primary N) is 1. The molecule has 0 aromatic carbocycles. The molecule has 104 valence electrons. The molecular weight excluding hydrogens is 278 g/mol. The topological polar surface area (TPSA) is 95.2 Å². The number of aromatic nitrogens is 2. The fourth-order valence-electron chi connectivity index (χ4n) is 1.46. The number of pyridine rings is 1. The van der Waals surface area contributed by atoms with Crippen LogP contribution in [0.2, 0.25) is 0 Å². The second-order valence-corrected chi connectivity index (χ2v) is 5.10. The van der Waals surface area contributed by atoms with Gasteiger partial charge in [-0.2, -0.15) is 0 Å². The summed E-state index contributed by atoms with van der Waals surface area (Å²) >= 11 is 1.17. The molecule has 2 N–H and O–H groups in total. The van der Waals surface area contributed by atoms with E-state index in [1.54, 1.807) is 25.3 Å². The summed E-state index contributed by atoms with van der Waals surface area (Å²) in [5, 5.41) is 0.627. The summed E-state index contributed by atoms with van der Waals surface area (Å²) in [6, 6.07) is 5.44. The summed E-state index contributed by atoms with van der Waals surface area (Å²) in [6.07, 6.45) is 0.682. The zero-order valence-corrected chi connectivity index (χ0v) is 11.8. The molecule has 20 heavy (non-hydrogen) atoms.